The number of rotatable bonds is 1. The lowest BCUT2D eigenvalue weighted by atomic mass is 9.93. The van der Waals surface area contributed by atoms with Crippen LogP contribution in [0, 0.1) is 5.92 Å². The van der Waals surface area contributed by atoms with Gasteiger partial charge in [0, 0.05) is 12.6 Å². The summed E-state index contributed by atoms with van der Waals surface area (Å²) in [6, 6.07) is 0.546. The second-order valence-corrected chi connectivity index (χ2v) is 5.16. The molecule has 15 heavy (non-hydrogen) atoms. The third-order valence-electron chi connectivity index (χ3n) is 3.78. The predicted octanol–water partition coefficient (Wildman–Crippen LogP) is 1.39. The molecule has 2 saturated heterocycles. The van der Waals surface area contributed by atoms with Gasteiger partial charge in [-0.2, -0.15) is 0 Å². The van der Waals surface area contributed by atoms with Gasteiger partial charge < -0.3 is 10.2 Å². The monoisotopic (exact) mass is 210 g/mol. The van der Waals surface area contributed by atoms with Gasteiger partial charge in [0.05, 0.1) is 6.04 Å². The van der Waals surface area contributed by atoms with Crippen LogP contribution in [-0.2, 0) is 4.79 Å². The van der Waals surface area contributed by atoms with Gasteiger partial charge in [-0.15, -0.1) is 0 Å². The molecule has 2 unspecified atom stereocenters. The summed E-state index contributed by atoms with van der Waals surface area (Å²) in [4.78, 5) is 14.3. The summed E-state index contributed by atoms with van der Waals surface area (Å²) in [5, 5.41) is 3.29. The van der Waals surface area contributed by atoms with E-state index in [2.05, 4.69) is 24.1 Å². The quantitative estimate of drug-likeness (QED) is 0.709. The van der Waals surface area contributed by atoms with Crippen molar-refractivity contribution in [2.45, 2.75) is 51.6 Å². The molecule has 0 aromatic rings. The summed E-state index contributed by atoms with van der Waals surface area (Å²) in [5.74, 6) is 1.12. The van der Waals surface area contributed by atoms with Crippen LogP contribution in [0.15, 0.2) is 0 Å². The van der Waals surface area contributed by atoms with Crippen LogP contribution in [0.25, 0.3) is 0 Å². The molecule has 86 valence electrons. The fourth-order valence-corrected chi connectivity index (χ4v) is 2.83. The van der Waals surface area contributed by atoms with Gasteiger partial charge in [-0.25, -0.2) is 0 Å². The molecule has 2 rings (SSSR count). The second kappa shape index (κ2) is 4.52. The number of amides is 1. The minimum atomic E-state index is 0.112. The molecule has 3 heteroatoms. The Morgan fingerprint density at radius 3 is 2.73 bits per heavy atom. The largest absolute Gasteiger partial charge is 0.339 e. The molecule has 2 aliphatic heterocycles. The fourth-order valence-electron chi connectivity index (χ4n) is 2.83. The van der Waals surface area contributed by atoms with Gasteiger partial charge in [-0.1, -0.05) is 6.92 Å². The molecule has 2 heterocycles. The molecule has 0 aromatic carbocycles. The van der Waals surface area contributed by atoms with E-state index in [9.17, 15) is 4.79 Å². The lowest BCUT2D eigenvalue weighted by Gasteiger charge is -2.38. The summed E-state index contributed by atoms with van der Waals surface area (Å²) in [6.07, 6.45) is 4.51. The Kier molecular flexibility index (Phi) is 3.29. The molecule has 0 saturated carbocycles. The molecule has 0 aromatic heterocycles. The molecule has 1 N–H and O–H groups in total. The van der Waals surface area contributed by atoms with Gasteiger partial charge in [0.2, 0.25) is 5.91 Å². The van der Waals surface area contributed by atoms with Crippen LogP contribution < -0.4 is 5.32 Å². The molecule has 0 bridgehead atoms. The maximum atomic E-state index is 12.2. The van der Waals surface area contributed by atoms with E-state index in [1.165, 1.54) is 12.8 Å². The molecule has 3 atom stereocenters. The molecular formula is C12H22N2O. The fraction of sp³-hybridized carbons (Fsp3) is 0.917. The SMILES string of the molecule is CC1CCN(C(=O)[C@H]2CCCN2)C(C)C1. The summed E-state index contributed by atoms with van der Waals surface area (Å²) >= 11 is 0. The van der Waals surface area contributed by atoms with Gasteiger partial charge >= 0.3 is 0 Å². The Morgan fingerprint density at radius 2 is 2.13 bits per heavy atom. The normalized spacial score (nSPS) is 36.9. The van der Waals surface area contributed by atoms with E-state index in [0.717, 1.165) is 31.8 Å². The molecular weight excluding hydrogens is 188 g/mol. The second-order valence-electron chi connectivity index (χ2n) is 5.16. The number of hydrogen-bond donors (Lipinski definition) is 1. The first kappa shape index (κ1) is 10.9. The number of likely N-dealkylation sites (tertiary alicyclic amines) is 1. The third-order valence-corrected chi connectivity index (χ3v) is 3.78. The highest BCUT2D eigenvalue weighted by molar-refractivity contribution is 5.82. The predicted molar refractivity (Wildman–Crippen MR) is 60.6 cm³/mol. The first-order valence-corrected chi connectivity index (χ1v) is 6.22. The summed E-state index contributed by atoms with van der Waals surface area (Å²) in [6.45, 7) is 6.43. The van der Waals surface area contributed by atoms with E-state index in [1.807, 2.05) is 0 Å². The van der Waals surface area contributed by atoms with Gasteiger partial charge in [-0.05, 0) is 45.1 Å². The van der Waals surface area contributed by atoms with Crippen molar-refractivity contribution >= 4 is 5.91 Å². The Morgan fingerprint density at radius 1 is 1.33 bits per heavy atom. The molecule has 0 aliphatic carbocycles. The average Bonchev–Trinajstić information content (AvgIpc) is 2.69. The van der Waals surface area contributed by atoms with Crippen molar-refractivity contribution in [1.29, 1.82) is 0 Å². The maximum absolute atomic E-state index is 12.2. The molecule has 0 radical (unpaired) electrons. The third kappa shape index (κ3) is 2.33. The zero-order chi connectivity index (χ0) is 10.8. The van der Waals surface area contributed by atoms with Crippen LogP contribution in [0.3, 0.4) is 0 Å². The van der Waals surface area contributed by atoms with Crippen molar-refractivity contribution in [3.8, 4) is 0 Å². The van der Waals surface area contributed by atoms with Gasteiger partial charge in [-0.3, -0.25) is 4.79 Å². The summed E-state index contributed by atoms with van der Waals surface area (Å²) in [5.41, 5.74) is 0. The maximum Gasteiger partial charge on any atom is 0.239 e. The number of carbonyl (C=O) groups is 1. The van der Waals surface area contributed by atoms with E-state index >= 15 is 0 Å². The summed E-state index contributed by atoms with van der Waals surface area (Å²) in [7, 11) is 0. The van der Waals surface area contributed by atoms with E-state index in [4.69, 9.17) is 0 Å². The number of carbonyl (C=O) groups excluding carboxylic acids is 1. The Labute approximate surface area is 92.2 Å². The van der Waals surface area contributed by atoms with Gasteiger partial charge in [0.15, 0.2) is 0 Å². The highest BCUT2D eigenvalue weighted by Gasteiger charge is 2.32. The molecule has 2 aliphatic rings. The van der Waals surface area contributed by atoms with Crippen LogP contribution in [0.1, 0.15) is 39.5 Å². The molecule has 1 amide bonds. The van der Waals surface area contributed by atoms with Crippen molar-refractivity contribution in [3.63, 3.8) is 0 Å². The van der Waals surface area contributed by atoms with E-state index < -0.39 is 0 Å². The van der Waals surface area contributed by atoms with Crippen molar-refractivity contribution in [2.24, 2.45) is 5.92 Å². The van der Waals surface area contributed by atoms with Crippen molar-refractivity contribution < 1.29 is 4.79 Å². The van der Waals surface area contributed by atoms with Crippen molar-refractivity contribution in [3.05, 3.63) is 0 Å². The van der Waals surface area contributed by atoms with Crippen LogP contribution in [0.5, 0.6) is 0 Å². The minimum absolute atomic E-state index is 0.112. The van der Waals surface area contributed by atoms with Crippen LogP contribution in [0.2, 0.25) is 0 Å². The van der Waals surface area contributed by atoms with Crippen LogP contribution in [-0.4, -0.2) is 36.0 Å². The summed E-state index contributed by atoms with van der Waals surface area (Å²) < 4.78 is 0. The zero-order valence-electron chi connectivity index (χ0n) is 9.83. The van der Waals surface area contributed by atoms with Crippen molar-refractivity contribution in [2.75, 3.05) is 13.1 Å². The number of piperidine rings is 1. The van der Waals surface area contributed by atoms with Gasteiger partial charge in [0.1, 0.15) is 0 Å². The van der Waals surface area contributed by atoms with E-state index in [-0.39, 0.29) is 6.04 Å². The standard InChI is InChI=1S/C12H22N2O/c1-9-5-7-14(10(2)8-9)12(15)11-4-3-6-13-11/h9-11,13H,3-8H2,1-2H3/t9?,10?,11-/m1/s1. The molecule has 3 nitrogen and oxygen atoms in total. The van der Waals surface area contributed by atoms with Gasteiger partial charge in [0.25, 0.3) is 0 Å². The molecule has 0 spiro atoms. The Balaban J connectivity index is 1.94. The first-order valence-electron chi connectivity index (χ1n) is 6.22. The van der Waals surface area contributed by atoms with Crippen molar-refractivity contribution in [1.82, 2.24) is 10.2 Å². The average molecular weight is 210 g/mol. The Bertz CT molecular complexity index is 236. The Hall–Kier alpha value is -0.570. The number of nitrogens with zero attached hydrogens (tertiary/aromatic N) is 1. The number of hydrogen-bond acceptors (Lipinski definition) is 2. The highest BCUT2D eigenvalue weighted by atomic mass is 16.2. The van der Waals surface area contributed by atoms with Crippen LogP contribution in [0.4, 0.5) is 0 Å². The molecule has 2 fully saturated rings. The number of nitrogens with one attached hydrogen (secondary N) is 1. The smallest absolute Gasteiger partial charge is 0.239 e. The topological polar surface area (TPSA) is 32.3 Å². The van der Waals surface area contributed by atoms with Crippen LogP contribution >= 0.6 is 0 Å². The first-order chi connectivity index (χ1) is 7.18. The van der Waals surface area contributed by atoms with E-state index in [1.54, 1.807) is 0 Å². The lowest BCUT2D eigenvalue weighted by molar-refractivity contribution is -0.136. The highest BCUT2D eigenvalue weighted by Crippen LogP contribution is 2.23. The lowest BCUT2D eigenvalue weighted by Crippen LogP contribution is -2.50. The van der Waals surface area contributed by atoms with E-state index in [0.29, 0.717) is 11.9 Å². The zero-order valence-corrected chi connectivity index (χ0v) is 9.83. The minimum Gasteiger partial charge on any atom is -0.339 e.